The lowest BCUT2D eigenvalue weighted by Crippen LogP contribution is -2.39. The highest BCUT2D eigenvalue weighted by Crippen LogP contribution is 2.18. The minimum atomic E-state index is -0.247. The van der Waals surface area contributed by atoms with E-state index in [0.29, 0.717) is 31.7 Å². The highest BCUT2D eigenvalue weighted by molar-refractivity contribution is 6.39. The number of nitrogens with zero attached hydrogens (tertiary/aromatic N) is 2. The molecule has 0 atom stereocenters. The first-order chi connectivity index (χ1) is 10.5. The van der Waals surface area contributed by atoms with Gasteiger partial charge in [0.05, 0.1) is 6.54 Å². The summed E-state index contributed by atoms with van der Waals surface area (Å²) in [5.74, 6) is 0.499. The molecule has 1 aromatic rings. The number of ether oxygens (including phenoxy) is 1. The van der Waals surface area contributed by atoms with Gasteiger partial charge in [0.15, 0.2) is 0 Å². The minimum absolute atomic E-state index is 0.0743. The molecule has 22 heavy (non-hydrogen) atoms. The first-order valence-electron chi connectivity index (χ1n) is 7.29. The molecule has 1 heterocycles. The van der Waals surface area contributed by atoms with Gasteiger partial charge in [0, 0.05) is 19.9 Å². The molecule has 1 aliphatic heterocycles. The Bertz CT molecular complexity index is 611. The number of aryl methyl sites for hydroxylation is 2. The lowest BCUT2D eigenvalue weighted by molar-refractivity contribution is -0.130. The maximum Gasteiger partial charge on any atom is 0.267 e. The van der Waals surface area contributed by atoms with E-state index in [1.54, 1.807) is 7.05 Å². The van der Waals surface area contributed by atoms with Crippen molar-refractivity contribution in [3.63, 3.8) is 0 Å². The van der Waals surface area contributed by atoms with E-state index in [4.69, 9.17) is 4.74 Å². The molecule has 0 radical (unpaired) electrons. The van der Waals surface area contributed by atoms with E-state index >= 15 is 0 Å². The maximum absolute atomic E-state index is 11.9. The Morgan fingerprint density at radius 3 is 2.82 bits per heavy atom. The molecule has 0 saturated carbocycles. The predicted molar refractivity (Wildman–Crippen MR) is 83.9 cm³/mol. The lowest BCUT2D eigenvalue weighted by Gasteiger charge is -2.19. The standard InChI is InChI=1S/C16H21N3O3/c1-11-4-6-14(12(2)10-11)22-9-8-17-16(21)13-5-7-15(20)19(3)18-13/h4,6,10H,5,7-9H2,1-3H3,(H,17,21). The van der Waals surface area contributed by atoms with Crippen LogP contribution in [0.1, 0.15) is 24.0 Å². The number of rotatable bonds is 5. The number of amides is 2. The van der Waals surface area contributed by atoms with E-state index in [2.05, 4.69) is 16.5 Å². The zero-order chi connectivity index (χ0) is 16.1. The molecule has 1 aromatic carbocycles. The van der Waals surface area contributed by atoms with Gasteiger partial charge in [0.1, 0.15) is 18.1 Å². The zero-order valence-corrected chi connectivity index (χ0v) is 13.2. The van der Waals surface area contributed by atoms with Crippen molar-refractivity contribution >= 4 is 17.5 Å². The second-order valence-electron chi connectivity index (χ2n) is 5.34. The minimum Gasteiger partial charge on any atom is -0.491 e. The molecule has 6 nitrogen and oxygen atoms in total. The molecule has 1 aliphatic rings. The summed E-state index contributed by atoms with van der Waals surface area (Å²) in [5.41, 5.74) is 2.64. The first-order valence-corrected chi connectivity index (χ1v) is 7.29. The number of nitrogens with one attached hydrogen (secondary N) is 1. The van der Waals surface area contributed by atoms with E-state index < -0.39 is 0 Å². The highest BCUT2D eigenvalue weighted by atomic mass is 16.5. The molecule has 2 amide bonds. The highest BCUT2D eigenvalue weighted by Gasteiger charge is 2.21. The van der Waals surface area contributed by atoms with Gasteiger partial charge in [-0.1, -0.05) is 17.7 Å². The Labute approximate surface area is 130 Å². The Balaban J connectivity index is 1.78. The van der Waals surface area contributed by atoms with Gasteiger partial charge in [0.25, 0.3) is 5.91 Å². The third-order valence-electron chi connectivity index (χ3n) is 3.45. The number of hydrogen-bond donors (Lipinski definition) is 1. The van der Waals surface area contributed by atoms with E-state index in [-0.39, 0.29) is 11.8 Å². The fourth-order valence-corrected chi connectivity index (χ4v) is 2.22. The summed E-state index contributed by atoms with van der Waals surface area (Å²) >= 11 is 0. The van der Waals surface area contributed by atoms with Crippen molar-refractivity contribution in [2.75, 3.05) is 20.2 Å². The SMILES string of the molecule is Cc1ccc(OCCNC(=O)C2=NN(C)C(=O)CC2)c(C)c1. The summed E-state index contributed by atoms with van der Waals surface area (Å²) in [5, 5.41) is 7.94. The summed E-state index contributed by atoms with van der Waals surface area (Å²) in [7, 11) is 1.55. The van der Waals surface area contributed by atoms with Gasteiger partial charge in [-0.25, -0.2) is 5.01 Å². The molecule has 2 rings (SSSR count). The summed E-state index contributed by atoms with van der Waals surface area (Å²) in [6, 6.07) is 5.97. The van der Waals surface area contributed by atoms with E-state index in [1.165, 1.54) is 10.6 Å². The molecule has 118 valence electrons. The average Bonchev–Trinajstić information content (AvgIpc) is 2.48. The van der Waals surface area contributed by atoms with Gasteiger partial charge >= 0.3 is 0 Å². The first kappa shape index (κ1) is 16.0. The third kappa shape index (κ3) is 4.07. The molecule has 0 fully saturated rings. The van der Waals surface area contributed by atoms with Crippen LogP contribution in [-0.4, -0.2) is 42.7 Å². The van der Waals surface area contributed by atoms with E-state index in [0.717, 1.165) is 11.3 Å². The van der Waals surface area contributed by atoms with Crippen molar-refractivity contribution < 1.29 is 14.3 Å². The van der Waals surface area contributed by atoms with E-state index in [1.807, 2.05) is 26.0 Å². The fraction of sp³-hybridized carbons (Fsp3) is 0.438. The normalized spacial score (nSPS) is 14.6. The Hall–Kier alpha value is -2.37. The van der Waals surface area contributed by atoms with Crippen molar-refractivity contribution in [1.82, 2.24) is 10.3 Å². The summed E-state index contributed by atoms with van der Waals surface area (Å²) in [6.45, 7) is 4.80. The molecule has 0 aromatic heterocycles. The van der Waals surface area contributed by atoms with Crippen LogP contribution in [0.3, 0.4) is 0 Å². The topological polar surface area (TPSA) is 71.0 Å². The third-order valence-corrected chi connectivity index (χ3v) is 3.45. The lowest BCUT2D eigenvalue weighted by atomic mass is 10.1. The maximum atomic E-state index is 11.9. The molecular formula is C16H21N3O3. The van der Waals surface area contributed by atoms with E-state index in [9.17, 15) is 9.59 Å². The number of benzene rings is 1. The summed E-state index contributed by atoms with van der Waals surface area (Å²) < 4.78 is 5.65. The monoisotopic (exact) mass is 303 g/mol. The van der Waals surface area contributed by atoms with Crippen LogP contribution in [0, 0.1) is 13.8 Å². The van der Waals surface area contributed by atoms with Gasteiger partial charge in [-0.05, 0) is 25.5 Å². The molecule has 0 aliphatic carbocycles. The number of hydrazone groups is 1. The number of carbonyl (C=O) groups is 2. The van der Waals surface area contributed by atoms with Gasteiger partial charge in [-0.15, -0.1) is 0 Å². The molecule has 0 saturated heterocycles. The number of carbonyl (C=O) groups excluding carboxylic acids is 2. The Morgan fingerprint density at radius 1 is 1.36 bits per heavy atom. The average molecular weight is 303 g/mol. The largest absolute Gasteiger partial charge is 0.491 e. The Morgan fingerprint density at radius 2 is 2.14 bits per heavy atom. The molecular weight excluding hydrogens is 282 g/mol. The number of hydrogen-bond acceptors (Lipinski definition) is 4. The van der Waals surface area contributed by atoms with Crippen LogP contribution < -0.4 is 10.1 Å². The van der Waals surface area contributed by atoms with Gasteiger partial charge in [-0.3, -0.25) is 9.59 Å². The van der Waals surface area contributed by atoms with Crippen LogP contribution in [0.2, 0.25) is 0 Å². The molecule has 0 bridgehead atoms. The smallest absolute Gasteiger partial charge is 0.267 e. The van der Waals surface area contributed by atoms with Crippen LogP contribution in [0.5, 0.6) is 5.75 Å². The van der Waals surface area contributed by atoms with Crippen molar-refractivity contribution in [3.05, 3.63) is 29.3 Å². The zero-order valence-electron chi connectivity index (χ0n) is 13.2. The summed E-state index contributed by atoms with van der Waals surface area (Å²) in [6.07, 6.45) is 0.703. The van der Waals surface area contributed by atoms with Crippen LogP contribution in [0.15, 0.2) is 23.3 Å². The molecule has 1 N–H and O–H groups in total. The van der Waals surface area contributed by atoms with Crippen molar-refractivity contribution in [2.24, 2.45) is 5.10 Å². The molecule has 6 heteroatoms. The van der Waals surface area contributed by atoms with Crippen LogP contribution >= 0.6 is 0 Å². The second-order valence-corrected chi connectivity index (χ2v) is 5.34. The van der Waals surface area contributed by atoms with Crippen molar-refractivity contribution in [2.45, 2.75) is 26.7 Å². The fourth-order valence-electron chi connectivity index (χ4n) is 2.22. The van der Waals surface area contributed by atoms with Crippen LogP contribution in [0.25, 0.3) is 0 Å². The summed E-state index contributed by atoms with van der Waals surface area (Å²) in [4.78, 5) is 23.2. The Kier molecular flexibility index (Phi) is 5.14. The molecule has 0 unspecified atom stereocenters. The quantitative estimate of drug-likeness (QED) is 0.836. The van der Waals surface area contributed by atoms with Gasteiger partial charge < -0.3 is 10.1 Å². The van der Waals surface area contributed by atoms with Crippen LogP contribution in [0.4, 0.5) is 0 Å². The second kappa shape index (κ2) is 7.06. The van der Waals surface area contributed by atoms with Crippen LogP contribution in [-0.2, 0) is 9.59 Å². The molecule has 0 spiro atoms. The van der Waals surface area contributed by atoms with Gasteiger partial charge in [-0.2, -0.15) is 5.10 Å². The van der Waals surface area contributed by atoms with Crippen molar-refractivity contribution in [1.29, 1.82) is 0 Å². The predicted octanol–water partition coefficient (Wildman–Crippen LogP) is 1.41. The van der Waals surface area contributed by atoms with Gasteiger partial charge in [0.2, 0.25) is 5.91 Å². The van der Waals surface area contributed by atoms with Crippen molar-refractivity contribution in [3.8, 4) is 5.75 Å².